The Morgan fingerprint density at radius 2 is 1.03 bits per heavy atom. The third-order valence-corrected chi connectivity index (χ3v) is 23.1. The summed E-state index contributed by atoms with van der Waals surface area (Å²) in [7, 11) is 0. The Morgan fingerprint density at radius 1 is 0.598 bits per heavy atom. The van der Waals surface area contributed by atoms with E-state index in [1.807, 2.05) is 70.2 Å². The van der Waals surface area contributed by atoms with Gasteiger partial charge in [-0.1, -0.05) is 176 Å². The van der Waals surface area contributed by atoms with Crippen LogP contribution in [0, 0.1) is 45.3 Å². The number of carbonyl (C=O) groups excluding carboxylic acids is 8. The molecule has 0 heterocycles. The highest BCUT2D eigenvalue weighted by Crippen LogP contribution is 2.70. The highest BCUT2D eigenvalue weighted by Gasteiger charge is 2.79. The fraction of sp³-hybridized carbons (Fsp3) is 0.487. The van der Waals surface area contributed by atoms with E-state index >= 15 is 0 Å². The maximum atomic E-state index is 14.9. The monoisotopic (exact) mass is 1330 g/mol. The Morgan fingerprint density at radius 3 is 1.45 bits per heavy atom. The van der Waals surface area contributed by atoms with Gasteiger partial charge in [0.25, 0.3) is 0 Å². The fourth-order valence-electron chi connectivity index (χ4n) is 18.0. The highest BCUT2D eigenvalue weighted by molar-refractivity contribution is 6.26. The first-order valence-electron chi connectivity index (χ1n) is 33.3. The van der Waals surface area contributed by atoms with Gasteiger partial charge in [-0.25, -0.2) is 0 Å². The molecule has 97 heavy (non-hydrogen) atoms. The summed E-state index contributed by atoms with van der Waals surface area (Å²) < 4.78 is 5.61. The SMILES string of the molecule is CC(=O)C1=C(O)[C@]2(O)C(=O)C3=C(O)c4c(O)ccc(C(CC(=O)OCc5ccccc5)C(=O)CCc5ccccc5)c4[C@@H](C)[C@]3(C)[C@@H](O)[C@]2(C)C(C(C)C)C1=O.CCCc1cc(C(C)(C)C)c(O)c2c1[C@@H](C)[C@@]1(C)C(=C2O)C(=O)[C@@]2(O)C(O)=C(C(C)=O)C(=O)C(C(C)C)[C@@]2(C)[C@@H]1O. The quantitative estimate of drug-likeness (QED) is 0.0390. The molecule has 13 atom stereocenters. The number of phenols is 2. The first kappa shape index (κ1) is 72.9. The molecule has 0 aromatic heterocycles. The standard InChI is InChI=1S/C45H48O11.C33H44O8/c1-23(2)36-38(50)34(25(4)46)40(52)45(55)41(53)37-39(51)35-31(48)20-18-28(33(35)24(3)43(37,5)42(54)44(36,45)6)29(30(47)19-17-26-13-9-7-10-14-26)21-32(49)56-22-27-15-11-8-12-16-27;1-11-12-17-13-18(30(6,7)8)24(35)21-19(17)15(4)31(9)23(26(21)37)28(39)33(41)27(38)20(16(5)34)25(36)22(14(2)3)32(33,10)29(31)40/h7-16,18,20,23-24,29,36,42,48,51-52,54-55H,17,19,21-22H2,1-6H3;13-15,22,29,35,37-38,40-41H,11-12H2,1-10H3/t24-,29?,36?,42-,43+,44+,45+;15-,22?,29-,31+,32+,33+/m11/s1. The minimum atomic E-state index is -3.04. The van der Waals surface area contributed by atoms with E-state index in [-0.39, 0.29) is 52.4 Å². The number of esters is 1. The molecule has 19 heteroatoms. The van der Waals surface area contributed by atoms with Gasteiger partial charge in [-0.05, 0) is 95.2 Å². The summed E-state index contributed by atoms with van der Waals surface area (Å²) in [6.07, 6.45) is -2.16. The molecule has 19 nitrogen and oxygen atoms in total. The molecule has 3 unspecified atom stereocenters. The molecule has 0 saturated heterocycles. The maximum Gasteiger partial charge on any atom is 0.307 e. The maximum absolute atomic E-state index is 14.9. The molecule has 2 saturated carbocycles. The third-order valence-electron chi connectivity index (χ3n) is 23.1. The van der Waals surface area contributed by atoms with Gasteiger partial charge in [0.15, 0.2) is 34.3 Å². The van der Waals surface area contributed by atoms with E-state index < -0.39 is 185 Å². The number of ketones is 7. The number of aromatic hydroxyl groups is 2. The molecule has 0 aliphatic heterocycles. The number of hydrogen-bond donors (Lipinski definition) is 10. The van der Waals surface area contributed by atoms with Crippen molar-refractivity contribution < 1.29 is 94.2 Å². The van der Waals surface area contributed by atoms with Gasteiger partial charge in [-0.3, -0.25) is 38.4 Å². The fourth-order valence-corrected chi connectivity index (χ4v) is 18.0. The molecule has 0 radical (unpaired) electrons. The number of allylic oxidation sites excluding steroid dienone is 2. The molecule has 0 amide bonds. The summed E-state index contributed by atoms with van der Waals surface area (Å²) >= 11 is 0. The van der Waals surface area contributed by atoms with Crippen LogP contribution >= 0.6 is 0 Å². The number of aliphatic hydroxyl groups is 8. The van der Waals surface area contributed by atoms with Crippen LogP contribution in [0.1, 0.15) is 198 Å². The Bertz CT molecular complexity index is 4140. The summed E-state index contributed by atoms with van der Waals surface area (Å²) in [4.78, 5) is 110. The average molecular weight is 1330 g/mol. The van der Waals surface area contributed by atoms with E-state index in [2.05, 4.69) is 0 Å². The largest absolute Gasteiger partial charge is 0.508 e. The minimum absolute atomic E-state index is 0.0174. The topological polar surface area (TPSA) is 348 Å². The molecule has 10 N–H and O–H groups in total. The molecule has 2 fully saturated rings. The number of fused-ring (bicyclic) bond motifs is 6. The molecular formula is C78H92O19. The van der Waals surface area contributed by atoms with Crippen molar-refractivity contribution in [2.24, 2.45) is 45.3 Å². The van der Waals surface area contributed by atoms with Crippen LogP contribution in [0.15, 0.2) is 113 Å². The van der Waals surface area contributed by atoms with E-state index in [9.17, 15) is 89.4 Å². The van der Waals surface area contributed by atoms with Crippen molar-refractivity contribution in [3.63, 3.8) is 0 Å². The van der Waals surface area contributed by atoms with Crippen LogP contribution in [0.25, 0.3) is 11.5 Å². The van der Waals surface area contributed by atoms with Crippen molar-refractivity contribution in [3.8, 4) is 11.5 Å². The lowest BCUT2D eigenvalue weighted by Crippen LogP contribution is -2.75. The highest BCUT2D eigenvalue weighted by atomic mass is 16.5. The van der Waals surface area contributed by atoms with E-state index in [1.165, 1.54) is 32.9 Å². The number of carbonyl (C=O) groups is 8. The van der Waals surface area contributed by atoms with Crippen LogP contribution in [-0.4, -0.2) is 121 Å². The Hall–Kier alpha value is -8.36. The van der Waals surface area contributed by atoms with Crippen LogP contribution in [0.4, 0.5) is 0 Å². The predicted octanol–water partition coefficient (Wildman–Crippen LogP) is 11.1. The lowest BCUT2D eigenvalue weighted by molar-refractivity contribution is -0.216. The Labute approximate surface area is 565 Å². The number of Topliss-reactive ketones (excluding diaryl/α,β-unsaturated/α-hetero) is 7. The smallest absolute Gasteiger partial charge is 0.307 e. The van der Waals surface area contributed by atoms with E-state index in [0.717, 1.165) is 37.0 Å². The lowest BCUT2D eigenvalue weighted by atomic mass is 9.40. The number of hydrogen-bond acceptors (Lipinski definition) is 19. The minimum Gasteiger partial charge on any atom is -0.508 e. The number of phenolic OH excluding ortho intramolecular Hbond substituents is 2. The number of benzene rings is 4. The van der Waals surface area contributed by atoms with Crippen LogP contribution in [0.3, 0.4) is 0 Å². The summed E-state index contributed by atoms with van der Waals surface area (Å²) in [5.41, 5.74) is -12.4. The second-order valence-electron chi connectivity index (χ2n) is 30.2. The van der Waals surface area contributed by atoms with Crippen LogP contribution in [0.5, 0.6) is 11.5 Å². The predicted molar refractivity (Wildman–Crippen MR) is 360 cm³/mol. The van der Waals surface area contributed by atoms with Gasteiger partial charge < -0.3 is 55.8 Å². The molecule has 518 valence electrons. The summed E-state index contributed by atoms with van der Waals surface area (Å²) in [5, 5.41) is 120. The van der Waals surface area contributed by atoms with Crippen molar-refractivity contribution >= 4 is 58.0 Å². The second-order valence-corrected chi connectivity index (χ2v) is 30.2. The summed E-state index contributed by atoms with van der Waals surface area (Å²) in [6, 6.07) is 22.9. The van der Waals surface area contributed by atoms with E-state index in [1.54, 1.807) is 72.7 Å². The van der Waals surface area contributed by atoms with Crippen LogP contribution in [-0.2, 0) is 68.0 Å². The molecule has 0 spiro atoms. The third kappa shape index (κ3) is 10.3. The Balaban J connectivity index is 0.000000239. The zero-order valence-electron chi connectivity index (χ0n) is 58.1. The van der Waals surface area contributed by atoms with Crippen molar-refractivity contribution in [1.29, 1.82) is 0 Å². The van der Waals surface area contributed by atoms with Crippen molar-refractivity contribution in [1.82, 2.24) is 0 Å². The average Bonchev–Trinajstić information content (AvgIpc) is 0.665. The van der Waals surface area contributed by atoms with Crippen LogP contribution < -0.4 is 0 Å². The zero-order chi connectivity index (χ0) is 72.4. The summed E-state index contributed by atoms with van der Waals surface area (Å²) in [5.74, 6) is -17.7. The van der Waals surface area contributed by atoms with Gasteiger partial charge in [0.1, 0.15) is 58.1 Å². The van der Waals surface area contributed by atoms with Gasteiger partial charge in [0.05, 0.1) is 46.8 Å². The molecule has 4 aromatic carbocycles. The molecule has 10 rings (SSSR count). The first-order chi connectivity index (χ1) is 45.0. The zero-order valence-corrected chi connectivity index (χ0v) is 58.1. The number of rotatable bonds is 15. The van der Waals surface area contributed by atoms with Gasteiger partial charge in [-0.2, -0.15) is 0 Å². The molecular weight excluding hydrogens is 1240 g/mol. The molecule has 0 bridgehead atoms. The lowest BCUT2D eigenvalue weighted by Gasteiger charge is -2.63. The van der Waals surface area contributed by atoms with Crippen LogP contribution in [0.2, 0.25) is 0 Å². The Kier molecular flexibility index (Phi) is 18.9. The van der Waals surface area contributed by atoms with E-state index in [4.69, 9.17) is 4.74 Å². The van der Waals surface area contributed by atoms with Gasteiger partial charge in [0, 0.05) is 45.5 Å². The summed E-state index contributed by atoms with van der Waals surface area (Å²) in [6.45, 7) is 25.7. The molecule has 4 aromatic rings. The van der Waals surface area contributed by atoms with Gasteiger partial charge in [-0.15, -0.1) is 0 Å². The van der Waals surface area contributed by atoms with E-state index in [0.29, 0.717) is 24.0 Å². The number of aryl methyl sites for hydroxylation is 2. The van der Waals surface area contributed by atoms with Crippen molar-refractivity contribution in [2.75, 3.05) is 0 Å². The van der Waals surface area contributed by atoms with Crippen molar-refractivity contribution in [3.05, 3.63) is 163 Å². The molecule has 6 aliphatic rings. The first-order valence-corrected chi connectivity index (χ1v) is 33.3. The normalized spacial score (nSPS) is 30.2. The van der Waals surface area contributed by atoms with Gasteiger partial charge in [0.2, 0.25) is 11.6 Å². The number of ether oxygens (including phenoxy) is 1. The second kappa shape index (κ2) is 25.2. The number of aliphatic hydroxyl groups excluding tert-OH is 6. The van der Waals surface area contributed by atoms with Crippen molar-refractivity contribution in [2.45, 2.75) is 196 Å². The van der Waals surface area contributed by atoms with Gasteiger partial charge >= 0.3 is 5.97 Å². The molecule has 6 aliphatic carbocycles.